The predicted octanol–water partition coefficient (Wildman–Crippen LogP) is 2.53. The Hall–Kier alpha value is -3.53. The van der Waals surface area contributed by atoms with E-state index in [1.165, 1.54) is 13.0 Å². The summed E-state index contributed by atoms with van der Waals surface area (Å²) in [7, 11) is 0. The number of carboxylic acids is 1. The van der Waals surface area contributed by atoms with Gasteiger partial charge in [0.1, 0.15) is 23.0 Å². The van der Waals surface area contributed by atoms with E-state index >= 15 is 4.39 Å². The summed E-state index contributed by atoms with van der Waals surface area (Å²) in [4.78, 5) is 26.2. The first-order valence-corrected chi connectivity index (χ1v) is 9.47. The molecule has 0 saturated carbocycles. The molecule has 1 aliphatic heterocycles. The summed E-state index contributed by atoms with van der Waals surface area (Å²) in [5.74, 6) is -4.27. The van der Waals surface area contributed by atoms with Crippen molar-refractivity contribution >= 4 is 28.2 Å². The number of nitrogens with two attached hydrogens (primary N) is 2. The highest BCUT2D eigenvalue weighted by Gasteiger charge is 2.27. The van der Waals surface area contributed by atoms with Crippen LogP contribution in [0, 0.1) is 24.4 Å². The minimum absolute atomic E-state index is 0.0641. The Balaban J connectivity index is 2.13. The lowest BCUT2D eigenvalue weighted by molar-refractivity contribution is 0.0695. The van der Waals surface area contributed by atoms with E-state index in [1.54, 1.807) is 4.90 Å². The van der Waals surface area contributed by atoms with E-state index in [4.69, 9.17) is 11.5 Å². The van der Waals surface area contributed by atoms with Gasteiger partial charge in [-0.15, -0.1) is 0 Å². The Bertz CT molecular complexity index is 1310. The van der Waals surface area contributed by atoms with Gasteiger partial charge in [0, 0.05) is 37.0 Å². The molecule has 0 amide bonds. The minimum Gasteiger partial charge on any atom is -0.477 e. The summed E-state index contributed by atoms with van der Waals surface area (Å²) < 4.78 is 44.7. The van der Waals surface area contributed by atoms with Gasteiger partial charge in [-0.05, 0) is 25.5 Å². The third-order valence-corrected chi connectivity index (χ3v) is 5.57. The molecule has 4 rings (SSSR count). The Morgan fingerprint density at radius 1 is 1.16 bits per heavy atom. The highest BCUT2D eigenvalue weighted by molar-refractivity contribution is 5.95. The Morgan fingerprint density at radius 2 is 1.87 bits per heavy atom. The largest absolute Gasteiger partial charge is 0.477 e. The van der Waals surface area contributed by atoms with Crippen molar-refractivity contribution < 1.29 is 23.1 Å². The van der Waals surface area contributed by atoms with Crippen molar-refractivity contribution in [1.29, 1.82) is 0 Å². The predicted molar refractivity (Wildman–Crippen MR) is 110 cm³/mol. The molecule has 31 heavy (non-hydrogen) atoms. The van der Waals surface area contributed by atoms with E-state index in [2.05, 4.69) is 0 Å². The van der Waals surface area contributed by atoms with E-state index in [0.717, 1.165) is 16.8 Å². The smallest absolute Gasteiger partial charge is 0.341 e. The molecule has 3 aromatic rings. The van der Waals surface area contributed by atoms with Crippen LogP contribution in [0.2, 0.25) is 0 Å². The van der Waals surface area contributed by atoms with Gasteiger partial charge >= 0.3 is 5.97 Å². The van der Waals surface area contributed by atoms with Crippen LogP contribution in [0.4, 0.5) is 24.5 Å². The number of benzene rings is 2. The van der Waals surface area contributed by atoms with Crippen molar-refractivity contribution in [1.82, 2.24) is 4.57 Å². The Morgan fingerprint density at radius 3 is 2.48 bits per heavy atom. The number of aromatic carboxylic acids is 1. The van der Waals surface area contributed by atoms with Crippen molar-refractivity contribution in [3.63, 3.8) is 0 Å². The second-order valence-electron chi connectivity index (χ2n) is 7.60. The number of carboxylic acid groups (broad SMARTS) is 1. The van der Waals surface area contributed by atoms with Crippen LogP contribution in [0.5, 0.6) is 0 Å². The topological polar surface area (TPSA) is 115 Å². The maximum absolute atomic E-state index is 15.2. The molecular weight excluding hydrogens is 413 g/mol. The lowest BCUT2D eigenvalue weighted by Crippen LogP contribution is -2.27. The monoisotopic (exact) mass is 432 g/mol. The van der Waals surface area contributed by atoms with Crippen LogP contribution in [-0.4, -0.2) is 34.8 Å². The molecule has 7 nitrogen and oxygen atoms in total. The summed E-state index contributed by atoms with van der Waals surface area (Å²) in [6, 6.07) is 2.75. The molecular formula is C21H19F3N4O3. The highest BCUT2D eigenvalue weighted by atomic mass is 19.1. The lowest BCUT2D eigenvalue weighted by atomic mass is 10.0. The highest BCUT2D eigenvalue weighted by Crippen LogP contribution is 2.33. The van der Waals surface area contributed by atoms with E-state index in [9.17, 15) is 23.5 Å². The van der Waals surface area contributed by atoms with Crippen LogP contribution in [-0.2, 0) is 0 Å². The van der Waals surface area contributed by atoms with E-state index in [0.29, 0.717) is 25.6 Å². The number of hydrogen-bond acceptors (Lipinski definition) is 5. The number of fused-ring (bicyclic) bond motifs is 1. The van der Waals surface area contributed by atoms with Crippen LogP contribution < -0.4 is 21.8 Å². The molecule has 10 heteroatoms. The molecule has 1 aromatic heterocycles. The fourth-order valence-corrected chi connectivity index (χ4v) is 3.95. The van der Waals surface area contributed by atoms with Gasteiger partial charge in [0.15, 0.2) is 0 Å². The van der Waals surface area contributed by atoms with Gasteiger partial charge in [-0.25, -0.2) is 18.0 Å². The van der Waals surface area contributed by atoms with Crippen molar-refractivity contribution in [3.8, 4) is 5.69 Å². The van der Waals surface area contributed by atoms with Gasteiger partial charge in [0.25, 0.3) is 0 Å². The molecule has 162 valence electrons. The molecule has 0 aliphatic carbocycles. The number of nitrogens with zero attached hydrogens (tertiary/aromatic N) is 2. The average molecular weight is 432 g/mol. The zero-order chi connectivity index (χ0) is 22.6. The number of nitrogen functional groups attached to an aromatic ring is 1. The van der Waals surface area contributed by atoms with Crippen molar-refractivity contribution in [2.24, 2.45) is 5.73 Å². The first-order chi connectivity index (χ1) is 14.6. The lowest BCUT2D eigenvalue weighted by Gasteiger charge is -2.23. The number of pyridine rings is 1. The third-order valence-electron chi connectivity index (χ3n) is 5.57. The first-order valence-electron chi connectivity index (χ1n) is 9.47. The second-order valence-corrected chi connectivity index (χ2v) is 7.60. The van der Waals surface area contributed by atoms with Gasteiger partial charge in [-0.3, -0.25) is 4.79 Å². The number of aromatic nitrogens is 1. The maximum atomic E-state index is 15.2. The molecule has 1 saturated heterocycles. The molecule has 1 aliphatic rings. The van der Waals surface area contributed by atoms with Crippen LogP contribution in [0.25, 0.3) is 16.6 Å². The van der Waals surface area contributed by atoms with Gasteiger partial charge in [0.2, 0.25) is 5.43 Å². The molecule has 0 bridgehead atoms. The molecule has 0 spiro atoms. The zero-order valence-electron chi connectivity index (χ0n) is 16.5. The second kappa shape index (κ2) is 7.31. The van der Waals surface area contributed by atoms with Crippen molar-refractivity contribution in [2.45, 2.75) is 19.4 Å². The number of carbonyl (C=O) groups is 1. The molecule has 2 heterocycles. The fourth-order valence-electron chi connectivity index (χ4n) is 3.95. The average Bonchev–Trinajstić information content (AvgIpc) is 3.13. The molecule has 1 fully saturated rings. The molecule has 5 N–H and O–H groups in total. The van der Waals surface area contributed by atoms with Crippen LogP contribution in [0.1, 0.15) is 22.3 Å². The summed E-state index contributed by atoms with van der Waals surface area (Å²) in [5.41, 5.74) is 9.41. The van der Waals surface area contributed by atoms with Gasteiger partial charge in [-0.2, -0.15) is 0 Å². The summed E-state index contributed by atoms with van der Waals surface area (Å²) >= 11 is 0. The third kappa shape index (κ3) is 3.28. The molecule has 0 unspecified atom stereocenters. The van der Waals surface area contributed by atoms with Crippen LogP contribution in [0.15, 0.2) is 29.2 Å². The SMILES string of the molecule is Cc1c(F)c(N2CC[C@H](N)C2)cc2c1c(=O)c(C(=O)O)cn2-c1cc(N)c(F)cc1F. The Kier molecular flexibility index (Phi) is 4.89. The number of aryl methyl sites for hydroxylation is 1. The van der Waals surface area contributed by atoms with Crippen molar-refractivity contribution in [2.75, 3.05) is 23.7 Å². The maximum Gasteiger partial charge on any atom is 0.341 e. The minimum atomic E-state index is -1.56. The molecule has 2 aromatic carbocycles. The Labute approximate surface area is 174 Å². The summed E-state index contributed by atoms with van der Waals surface area (Å²) in [5, 5.41) is 9.26. The normalized spacial score (nSPS) is 16.3. The van der Waals surface area contributed by atoms with E-state index in [1.807, 2.05) is 0 Å². The molecule has 1 atom stereocenters. The number of rotatable bonds is 3. The number of anilines is 2. The summed E-state index contributed by atoms with van der Waals surface area (Å²) in [6.07, 6.45) is 1.57. The van der Waals surface area contributed by atoms with Gasteiger partial charge < -0.3 is 26.0 Å². The molecule has 0 radical (unpaired) electrons. The quantitative estimate of drug-likeness (QED) is 0.548. The fraction of sp³-hybridized carbons (Fsp3) is 0.238. The van der Waals surface area contributed by atoms with E-state index < -0.39 is 34.4 Å². The van der Waals surface area contributed by atoms with Crippen LogP contribution >= 0.6 is 0 Å². The van der Waals surface area contributed by atoms with Crippen LogP contribution in [0.3, 0.4) is 0 Å². The van der Waals surface area contributed by atoms with Crippen molar-refractivity contribution in [3.05, 3.63) is 63.2 Å². The van der Waals surface area contributed by atoms with Gasteiger partial charge in [-0.1, -0.05) is 0 Å². The number of hydrogen-bond donors (Lipinski definition) is 3. The zero-order valence-corrected chi connectivity index (χ0v) is 16.5. The standard InChI is InChI=1S/C21H19F3N4O3/c1-9-18-16(6-17(19(9)24)27-3-2-10(25)7-27)28(8-11(20(18)29)21(30)31)15-5-14(26)12(22)4-13(15)23/h4-6,8,10H,2-3,7,25-26H2,1H3,(H,30,31)/t10-/m0/s1. The number of halogens is 3. The van der Waals surface area contributed by atoms with E-state index in [-0.39, 0.29) is 39.6 Å². The first kappa shape index (κ1) is 20.7. The summed E-state index contributed by atoms with van der Waals surface area (Å²) in [6.45, 7) is 2.22. The van der Waals surface area contributed by atoms with Gasteiger partial charge in [0.05, 0.1) is 28.0 Å².